The van der Waals surface area contributed by atoms with Crippen LogP contribution in [0.4, 0.5) is 17.5 Å². The Kier molecular flexibility index (Phi) is 7.36. The molecular weight excluding hydrogens is 444 g/mol. The van der Waals surface area contributed by atoms with Crippen LogP contribution in [0.3, 0.4) is 0 Å². The van der Waals surface area contributed by atoms with E-state index in [0.717, 1.165) is 5.69 Å². The highest BCUT2D eigenvalue weighted by atomic mass is 16.5. The third-order valence-corrected chi connectivity index (χ3v) is 4.94. The second-order valence-electron chi connectivity index (χ2n) is 7.38. The van der Waals surface area contributed by atoms with Crippen molar-refractivity contribution in [3.8, 4) is 0 Å². The van der Waals surface area contributed by atoms with E-state index in [1.165, 1.54) is 7.11 Å². The predicted molar refractivity (Wildman–Crippen MR) is 123 cm³/mol. The van der Waals surface area contributed by atoms with Crippen molar-refractivity contribution in [2.24, 2.45) is 0 Å². The van der Waals surface area contributed by atoms with Crippen LogP contribution < -0.4 is 21.7 Å². The van der Waals surface area contributed by atoms with E-state index in [1.807, 2.05) is 11.9 Å². The van der Waals surface area contributed by atoms with Crippen LogP contribution in [-0.4, -0.2) is 63.1 Å². The van der Waals surface area contributed by atoms with E-state index in [9.17, 15) is 19.5 Å². The Morgan fingerprint density at radius 3 is 2.50 bits per heavy atom. The molecule has 2 aromatic heterocycles. The van der Waals surface area contributed by atoms with Crippen LogP contribution >= 0.6 is 0 Å². The molecule has 0 aliphatic heterocycles. The van der Waals surface area contributed by atoms with Crippen molar-refractivity contribution in [1.82, 2.24) is 25.3 Å². The molecule has 0 spiro atoms. The smallest absolute Gasteiger partial charge is 0.326 e. The maximum Gasteiger partial charge on any atom is 0.326 e. The summed E-state index contributed by atoms with van der Waals surface area (Å²) >= 11 is 0. The molecule has 6 N–H and O–H groups in total. The van der Waals surface area contributed by atoms with Gasteiger partial charge in [-0.05, 0) is 30.7 Å². The number of fused-ring (bicyclic) bond motifs is 1. The van der Waals surface area contributed by atoms with Gasteiger partial charge < -0.3 is 31.5 Å². The number of esters is 1. The lowest BCUT2D eigenvalue weighted by molar-refractivity contribution is -0.142. The van der Waals surface area contributed by atoms with Crippen molar-refractivity contribution in [3.05, 3.63) is 41.7 Å². The van der Waals surface area contributed by atoms with E-state index < -0.39 is 23.9 Å². The SMILES string of the molecule is COC(=O)CCC(NC(=O)c1ccc(N(C)Cc2cnc3nc(N)nc(N)c3n2)cc1)C(=O)O. The highest BCUT2D eigenvalue weighted by Gasteiger charge is 2.22. The quantitative estimate of drug-likeness (QED) is 0.315. The standard InChI is InChI=1S/C21H24N8O5/c1-29(10-12-9-24-18-16(25-12)17(22)27-21(23)28-18)13-5-3-11(4-6-13)19(31)26-14(20(32)33)7-8-15(30)34-2/h3-6,9,14H,7-8,10H2,1-2H3,(H,26,31)(H,32,33)(H4,22,23,24,27,28). The number of carbonyl (C=O) groups excluding carboxylic acids is 2. The van der Waals surface area contributed by atoms with Crippen molar-refractivity contribution < 1.29 is 24.2 Å². The third kappa shape index (κ3) is 5.82. The first-order chi connectivity index (χ1) is 16.2. The zero-order chi connectivity index (χ0) is 24.8. The minimum atomic E-state index is -1.24. The van der Waals surface area contributed by atoms with Crippen molar-refractivity contribution in [2.75, 3.05) is 30.5 Å². The highest BCUT2D eigenvalue weighted by Crippen LogP contribution is 2.19. The fraction of sp³-hybridized carbons (Fsp3) is 0.286. The molecule has 2 heterocycles. The fourth-order valence-corrected chi connectivity index (χ4v) is 3.12. The molecule has 0 saturated heterocycles. The van der Waals surface area contributed by atoms with E-state index in [2.05, 4.69) is 30.0 Å². The van der Waals surface area contributed by atoms with Gasteiger partial charge in [-0.15, -0.1) is 0 Å². The number of aromatic nitrogens is 4. The second-order valence-corrected chi connectivity index (χ2v) is 7.38. The van der Waals surface area contributed by atoms with Crippen LogP contribution in [0.25, 0.3) is 11.2 Å². The van der Waals surface area contributed by atoms with Gasteiger partial charge in [0.25, 0.3) is 5.91 Å². The number of methoxy groups -OCH3 is 1. The van der Waals surface area contributed by atoms with Gasteiger partial charge in [0.15, 0.2) is 17.0 Å². The number of hydrogen-bond acceptors (Lipinski definition) is 11. The molecule has 0 aliphatic rings. The van der Waals surface area contributed by atoms with Crippen LogP contribution in [0.2, 0.25) is 0 Å². The lowest BCUT2D eigenvalue weighted by Crippen LogP contribution is -2.41. The Labute approximate surface area is 194 Å². The van der Waals surface area contributed by atoms with Crippen LogP contribution in [0.15, 0.2) is 30.5 Å². The molecule has 3 rings (SSSR count). The number of nitrogens with zero attached hydrogens (tertiary/aromatic N) is 5. The molecule has 1 aromatic carbocycles. The number of ether oxygens (including phenoxy) is 1. The van der Waals surface area contributed by atoms with Crippen LogP contribution in [0.1, 0.15) is 28.9 Å². The molecule has 13 heteroatoms. The summed E-state index contributed by atoms with van der Waals surface area (Å²) in [5.41, 5.74) is 13.8. The molecule has 0 fully saturated rings. The first-order valence-electron chi connectivity index (χ1n) is 10.1. The Morgan fingerprint density at radius 1 is 1.15 bits per heavy atom. The van der Waals surface area contributed by atoms with E-state index in [1.54, 1.807) is 30.5 Å². The van der Waals surface area contributed by atoms with Gasteiger partial charge in [0, 0.05) is 24.7 Å². The normalized spacial score (nSPS) is 11.6. The Bertz CT molecular complexity index is 1220. The average molecular weight is 468 g/mol. The lowest BCUT2D eigenvalue weighted by atomic mass is 10.1. The minimum Gasteiger partial charge on any atom is -0.480 e. The lowest BCUT2D eigenvalue weighted by Gasteiger charge is -2.19. The summed E-state index contributed by atoms with van der Waals surface area (Å²) in [6, 6.07) is 5.35. The number of hydrogen-bond donors (Lipinski definition) is 4. The number of nitrogens with two attached hydrogens (primary N) is 2. The fourth-order valence-electron chi connectivity index (χ4n) is 3.12. The van der Waals surface area contributed by atoms with Crippen molar-refractivity contribution >= 4 is 46.5 Å². The van der Waals surface area contributed by atoms with E-state index >= 15 is 0 Å². The number of carbonyl (C=O) groups is 3. The number of anilines is 3. The topological polar surface area (TPSA) is 200 Å². The Balaban J connectivity index is 1.66. The summed E-state index contributed by atoms with van der Waals surface area (Å²) in [4.78, 5) is 53.6. The molecule has 0 bridgehead atoms. The number of nitrogen functional groups attached to an aromatic ring is 2. The van der Waals surface area contributed by atoms with Crippen molar-refractivity contribution in [3.63, 3.8) is 0 Å². The molecule has 1 amide bonds. The molecule has 0 radical (unpaired) electrons. The number of benzene rings is 1. The summed E-state index contributed by atoms with van der Waals surface area (Å²) in [5, 5.41) is 11.7. The molecule has 0 aliphatic carbocycles. The van der Waals surface area contributed by atoms with Crippen LogP contribution in [0, 0.1) is 0 Å². The molecule has 1 atom stereocenters. The number of carboxylic acid groups (broad SMARTS) is 1. The summed E-state index contributed by atoms with van der Waals surface area (Å²) in [5.74, 6) is -2.20. The first-order valence-corrected chi connectivity index (χ1v) is 10.1. The molecule has 13 nitrogen and oxygen atoms in total. The maximum atomic E-state index is 12.5. The Hall–Kier alpha value is -4.55. The molecule has 1 unspecified atom stereocenters. The highest BCUT2D eigenvalue weighted by molar-refractivity contribution is 5.97. The van der Waals surface area contributed by atoms with Crippen molar-refractivity contribution in [1.29, 1.82) is 0 Å². The molecule has 0 saturated carbocycles. The monoisotopic (exact) mass is 468 g/mol. The molecular formula is C21H24N8O5. The van der Waals surface area contributed by atoms with Gasteiger partial charge in [0.05, 0.1) is 25.5 Å². The molecule has 34 heavy (non-hydrogen) atoms. The summed E-state index contributed by atoms with van der Waals surface area (Å²) < 4.78 is 4.50. The van der Waals surface area contributed by atoms with Gasteiger partial charge >= 0.3 is 11.9 Å². The van der Waals surface area contributed by atoms with Crippen molar-refractivity contribution in [2.45, 2.75) is 25.4 Å². The number of rotatable bonds is 9. The predicted octanol–water partition coefficient (Wildman–Crippen LogP) is 0.357. The zero-order valence-corrected chi connectivity index (χ0v) is 18.6. The maximum absolute atomic E-state index is 12.5. The second kappa shape index (κ2) is 10.4. The number of carboxylic acids is 1. The third-order valence-electron chi connectivity index (χ3n) is 4.94. The largest absolute Gasteiger partial charge is 0.480 e. The van der Waals surface area contributed by atoms with Gasteiger partial charge in [-0.2, -0.15) is 9.97 Å². The van der Waals surface area contributed by atoms with Crippen LogP contribution in [-0.2, 0) is 20.9 Å². The first kappa shape index (κ1) is 24.1. The summed E-state index contributed by atoms with van der Waals surface area (Å²) in [7, 11) is 3.04. The van der Waals surface area contributed by atoms with Gasteiger partial charge in [0.1, 0.15) is 6.04 Å². The van der Waals surface area contributed by atoms with Crippen LogP contribution in [0.5, 0.6) is 0 Å². The van der Waals surface area contributed by atoms with E-state index in [-0.39, 0.29) is 30.2 Å². The minimum absolute atomic E-state index is 0.0198. The molecule has 3 aromatic rings. The summed E-state index contributed by atoms with van der Waals surface area (Å²) in [6.07, 6.45) is 1.36. The number of amides is 1. The number of nitrogens with one attached hydrogen (secondary N) is 1. The van der Waals surface area contributed by atoms with Gasteiger partial charge in [-0.3, -0.25) is 9.59 Å². The Morgan fingerprint density at radius 2 is 1.85 bits per heavy atom. The van der Waals surface area contributed by atoms with E-state index in [4.69, 9.17) is 11.5 Å². The summed E-state index contributed by atoms with van der Waals surface area (Å²) in [6.45, 7) is 0.382. The molecule has 178 valence electrons. The van der Waals surface area contributed by atoms with Gasteiger partial charge in [-0.1, -0.05) is 0 Å². The zero-order valence-electron chi connectivity index (χ0n) is 18.6. The van der Waals surface area contributed by atoms with Gasteiger partial charge in [-0.25, -0.2) is 14.8 Å². The van der Waals surface area contributed by atoms with E-state index in [0.29, 0.717) is 23.4 Å². The number of aliphatic carboxylic acids is 1. The average Bonchev–Trinajstić information content (AvgIpc) is 2.81. The van der Waals surface area contributed by atoms with Gasteiger partial charge in [0.2, 0.25) is 5.95 Å².